The zero-order valence-electron chi connectivity index (χ0n) is 10.7. The first-order chi connectivity index (χ1) is 9.49. The minimum absolute atomic E-state index is 0.0652. The summed E-state index contributed by atoms with van der Waals surface area (Å²) in [6.45, 7) is 1.80. The molecule has 1 heterocycles. The third-order valence-corrected chi connectivity index (χ3v) is 4.10. The molecular formula is C13H12N2O4S. The van der Waals surface area contributed by atoms with Crippen LogP contribution in [0.1, 0.15) is 11.1 Å². The van der Waals surface area contributed by atoms with E-state index in [1.54, 1.807) is 25.1 Å². The molecule has 0 N–H and O–H groups in total. The van der Waals surface area contributed by atoms with Crippen molar-refractivity contribution < 1.29 is 13.9 Å². The van der Waals surface area contributed by atoms with Gasteiger partial charge in [-0.25, -0.2) is 4.21 Å². The molecule has 0 aliphatic heterocycles. The lowest BCUT2D eigenvalue weighted by Crippen LogP contribution is -2.31. The Morgan fingerprint density at radius 2 is 2.05 bits per heavy atom. The van der Waals surface area contributed by atoms with Gasteiger partial charge in [0.15, 0.2) is 6.20 Å². The van der Waals surface area contributed by atoms with Gasteiger partial charge in [0.25, 0.3) is 10.7 Å². The van der Waals surface area contributed by atoms with Crippen molar-refractivity contribution in [1.29, 1.82) is 0 Å². The van der Waals surface area contributed by atoms with E-state index in [0.29, 0.717) is 10.3 Å². The van der Waals surface area contributed by atoms with E-state index in [2.05, 4.69) is 0 Å². The molecule has 2 rings (SSSR count). The molecule has 7 heteroatoms. The van der Waals surface area contributed by atoms with Crippen LogP contribution < -0.4 is 4.73 Å². The Morgan fingerprint density at radius 3 is 2.70 bits per heavy atom. The van der Waals surface area contributed by atoms with Gasteiger partial charge < -0.3 is 5.21 Å². The van der Waals surface area contributed by atoms with Gasteiger partial charge in [0.05, 0.1) is 10.7 Å². The summed E-state index contributed by atoms with van der Waals surface area (Å²) < 4.78 is 12.7. The van der Waals surface area contributed by atoms with Crippen molar-refractivity contribution in [3.8, 4) is 0 Å². The standard InChI is InChI=1S/C13H12N2O4S/c1-10-5-6-12(15(17)18)11(8-10)9-20(19)13-4-2-3-7-14(13)16/h2-8H,9H2,1H3. The molecule has 0 radical (unpaired) electrons. The minimum Gasteiger partial charge on any atom is -0.618 e. The highest BCUT2D eigenvalue weighted by Gasteiger charge is 2.20. The third kappa shape index (κ3) is 3.00. The van der Waals surface area contributed by atoms with Gasteiger partial charge in [-0.2, -0.15) is 4.73 Å². The van der Waals surface area contributed by atoms with Gasteiger partial charge in [0.1, 0.15) is 10.8 Å². The normalized spacial score (nSPS) is 12.1. The van der Waals surface area contributed by atoms with Crippen LogP contribution in [0.3, 0.4) is 0 Å². The Kier molecular flexibility index (Phi) is 4.09. The number of benzene rings is 1. The summed E-state index contributed by atoms with van der Waals surface area (Å²) in [6, 6.07) is 9.22. The fourth-order valence-electron chi connectivity index (χ4n) is 1.81. The maximum absolute atomic E-state index is 12.2. The average molecular weight is 292 g/mol. The summed E-state index contributed by atoms with van der Waals surface area (Å²) in [4.78, 5) is 10.4. The van der Waals surface area contributed by atoms with Crippen LogP contribution in [-0.4, -0.2) is 9.13 Å². The Hall–Kier alpha value is -2.28. The lowest BCUT2D eigenvalue weighted by molar-refractivity contribution is -0.646. The maximum atomic E-state index is 12.2. The topological polar surface area (TPSA) is 87.2 Å². The lowest BCUT2D eigenvalue weighted by atomic mass is 10.1. The number of hydrogen-bond donors (Lipinski definition) is 0. The van der Waals surface area contributed by atoms with Gasteiger partial charge >= 0.3 is 0 Å². The summed E-state index contributed by atoms with van der Waals surface area (Å²) in [6.07, 6.45) is 1.25. The second-order valence-electron chi connectivity index (χ2n) is 4.24. The van der Waals surface area contributed by atoms with E-state index < -0.39 is 15.7 Å². The summed E-state index contributed by atoms with van der Waals surface area (Å²) in [7, 11) is -1.64. The van der Waals surface area contributed by atoms with E-state index in [0.717, 1.165) is 5.56 Å². The fourth-order valence-corrected chi connectivity index (χ4v) is 2.97. The highest BCUT2D eigenvalue weighted by Crippen LogP contribution is 2.22. The van der Waals surface area contributed by atoms with Crippen LogP contribution in [0, 0.1) is 22.2 Å². The van der Waals surface area contributed by atoms with Gasteiger partial charge in [-0.3, -0.25) is 10.1 Å². The van der Waals surface area contributed by atoms with Crippen LogP contribution >= 0.6 is 0 Å². The van der Waals surface area contributed by atoms with E-state index in [-0.39, 0.29) is 16.5 Å². The first-order valence-electron chi connectivity index (χ1n) is 5.79. The van der Waals surface area contributed by atoms with Crippen molar-refractivity contribution in [3.05, 3.63) is 69.0 Å². The molecule has 6 nitrogen and oxygen atoms in total. The number of aryl methyl sites for hydroxylation is 1. The van der Waals surface area contributed by atoms with Crippen LogP contribution in [0.15, 0.2) is 47.6 Å². The van der Waals surface area contributed by atoms with E-state index >= 15 is 0 Å². The molecule has 0 aliphatic carbocycles. The van der Waals surface area contributed by atoms with Crippen LogP contribution in [0.25, 0.3) is 0 Å². The highest BCUT2D eigenvalue weighted by atomic mass is 32.2. The van der Waals surface area contributed by atoms with Crippen LogP contribution in [0.4, 0.5) is 5.69 Å². The number of hydrogen-bond acceptors (Lipinski definition) is 4. The predicted octanol–water partition coefficient (Wildman–Crippen LogP) is 1.84. The second-order valence-corrected chi connectivity index (χ2v) is 5.64. The molecule has 0 saturated carbocycles. The number of aromatic nitrogens is 1. The first kappa shape index (κ1) is 14.1. The minimum atomic E-state index is -1.64. The summed E-state index contributed by atoms with van der Waals surface area (Å²) >= 11 is 0. The van der Waals surface area contributed by atoms with Gasteiger partial charge in [-0.05, 0) is 19.1 Å². The molecule has 0 bridgehead atoms. The SMILES string of the molecule is Cc1ccc([N+](=O)[O-])c(CS(=O)c2cccc[n+]2[O-])c1. The zero-order chi connectivity index (χ0) is 14.7. The van der Waals surface area contributed by atoms with Crippen molar-refractivity contribution in [2.75, 3.05) is 0 Å². The molecule has 2 aromatic rings. The molecule has 1 atom stereocenters. The maximum Gasteiger partial charge on any atom is 0.281 e. The number of nitrogens with zero attached hydrogens (tertiary/aromatic N) is 2. The predicted molar refractivity (Wildman–Crippen MR) is 73.3 cm³/mol. The third-order valence-electron chi connectivity index (χ3n) is 2.74. The summed E-state index contributed by atoms with van der Waals surface area (Å²) in [5, 5.41) is 22.6. The van der Waals surface area contributed by atoms with Gasteiger partial charge in [-0.15, -0.1) is 0 Å². The molecule has 1 aromatic carbocycles. The molecule has 0 aliphatic rings. The molecule has 1 unspecified atom stereocenters. The highest BCUT2D eigenvalue weighted by molar-refractivity contribution is 7.84. The molecule has 1 aromatic heterocycles. The molecule has 0 spiro atoms. The van der Waals surface area contributed by atoms with Crippen molar-refractivity contribution in [2.45, 2.75) is 17.7 Å². The van der Waals surface area contributed by atoms with Crippen molar-refractivity contribution in [2.24, 2.45) is 0 Å². The van der Waals surface area contributed by atoms with Crippen LogP contribution in [0.2, 0.25) is 0 Å². The van der Waals surface area contributed by atoms with E-state index in [1.165, 1.54) is 24.4 Å². The fraction of sp³-hybridized carbons (Fsp3) is 0.154. The Morgan fingerprint density at radius 1 is 1.30 bits per heavy atom. The van der Waals surface area contributed by atoms with Gasteiger partial charge in [0.2, 0.25) is 0 Å². The van der Waals surface area contributed by atoms with Crippen molar-refractivity contribution >= 4 is 16.5 Å². The summed E-state index contributed by atoms with van der Waals surface area (Å²) in [5.74, 6) is -0.0652. The van der Waals surface area contributed by atoms with E-state index in [9.17, 15) is 19.5 Å². The van der Waals surface area contributed by atoms with Crippen LogP contribution in [-0.2, 0) is 16.6 Å². The lowest BCUT2D eigenvalue weighted by Gasteiger charge is -2.05. The monoisotopic (exact) mass is 292 g/mol. The van der Waals surface area contributed by atoms with Crippen molar-refractivity contribution in [1.82, 2.24) is 0 Å². The van der Waals surface area contributed by atoms with E-state index in [1.807, 2.05) is 0 Å². The number of pyridine rings is 1. The molecule has 104 valence electrons. The largest absolute Gasteiger partial charge is 0.618 e. The van der Waals surface area contributed by atoms with Gasteiger partial charge in [-0.1, -0.05) is 11.6 Å². The molecular weight excluding hydrogens is 280 g/mol. The molecule has 0 amide bonds. The second kappa shape index (κ2) is 5.79. The summed E-state index contributed by atoms with van der Waals surface area (Å²) in [5.41, 5.74) is 1.11. The van der Waals surface area contributed by atoms with Crippen LogP contribution in [0.5, 0.6) is 0 Å². The average Bonchev–Trinajstić information content (AvgIpc) is 2.38. The molecule has 0 fully saturated rings. The molecule has 0 saturated heterocycles. The van der Waals surface area contributed by atoms with E-state index in [4.69, 9.17) is 0 Å². The zero-order valence-corrected chi connectivity index (χ0v) is 11.5. The number of rotatable bonds is 4. The van der Waals surface area contributed by atoms with Gasteiger partial charge in [0, 0.05) is 23.8 Å². The molecule has 20 heavy (non-hydrogen) atoms. The Bertz CT molecular complexity index is 688. The Balaban J connectivity index is 2.35. The quantitative estimate of drug-likeness (QED) is 0.372. The van der Waals surface area contributed by atoms with Crippen molar-refractivity contribution in [3.63, 3.8) is 0 Å². The smallest absolute Gasteiger partial charge is 0.281 e. The number of nitro benzene ring substituents is 1. The number of nitro groups is 1. The Labute approximate surface area is 117 Å². The first-order valence-corrected chi connectivity index (χ1v) is 7.11.